The lowest BCUT2D eigenvalue weighted by molar-refractivity contribution is 0.408. The summed E-state index contributed by atoms with van der Waals surface area (Å²) in [5.41, 5.74) is 0.944. The van der Waals surface area contributed by atoms with Crippen molar-refractivity contribution in [1.29, 1.82) is 0 Å². The molecule has 0 aromatic heterocycles. The van der Waals surface area contributed by atoms with E-state index in [1.54, 1.807) is 13.2 Å². The van der Waals surface area contributed by atoms with Crippen LogP contribution < -0.4 is 4.74 Å². The maximum Gasteiger partial charge on any atom is 0.123 e. The standard InChI is InChI=1S/C10H13FO/c1-3-4-8-7-9(11)5-6-10(8)12-2/h5-7H,3-4H2,1-2H3. The molecule has 0 saturated heterocycles. The number of ether oxygens (including phenoxy) is 1. The summed E-state index contributed by atoms with van der Waals surface area (Å²) in [4.78, 5) is 0. The lowest BCUT2D eigenvalue weighted by atomic mass is 10.1. The van der Waals surface area contributed by atoms with Crippen molar-refractivity contribution in [3.63, 3.8) is 0 Å². The molecule has 0 aliphatic rings. The summed E-state index contributed by atoms with van der Waals surface area (Å²) in [6, 6.07) is 4.61. The van der Waals surface area contributed by atoms with Crippen molar-refractivity contribution in [2.45, 2.75) is 19.8 Å². The molecule has 0 aliphatic heterocycles. The number of hydrogen-bond acceptors (Lipinski definition) is 1. The molecule has 1 nitrogen and oxygen atoms in total. The first-order valence-electron chi connectivity index (χ1n) is 4.10. The largest absolute Gasteiger partial charge is 0.496 e. The van der Waals surface area contributed by atoms with Gasteiger partial charge in [0, 0.05) is 0 Å². The van der Waals surface area contributed by atoms with Crippen LogP contribution in [0.4, 0.5) is 4.39 Å². The van der Waals surface area contributed by atoms with Gasteiger partial charge in [-0.15, -0.1) is 0 Å². The molecule has 0 heterocycles. The first-order chi connectivity index (χ1) is 5.77. The maximum absolute atomic E-state index is 12.8. The van der Waals surface area contributed by atoms with Gasteiger partial charge in [-0.25, -0.2) is 4.39 Å². The summed E-state index contributed by atoms with van der Waals surface area (Å²) >= 11 is 0. The second kappa shape index (κ2) is 4.10. The molecule has 1 rings (SSSR count). The zero-order valence-corrected chi connectivity index (χ0v) is 7.43. The van der Waals surface area contributed by atoms with E-state index in [0.29, 0.717) is 0 Å². The summed E-state index contributed by atoms with van der Waals surface area (Å²) in [6.45, 7) is 2.06. The first-order valence-corrected chi connectivity index (χ1v) is 4.10. The van der Waals surface area contributed by atoms with E-state index < -0.39 is 0 Å². The first kappa shape index (κ1) is 9.04. The average molecular weight is 168 g/mol. The Morgan fingerprint density at radius 1 is 1.42 bits per heavy atom. The van der Waals surface area contributed by atoms with Crippen LogP contribution in [-0.4, -0.2) is 7.11 Å². The lowest BCUT2D eigenvalue weighted by Gasteiger charge is -2.06. The summed E-state index contributed by atoms with van der Waals surface area (Å²) < 4.78 is 17.8. The van der Waals surface area contributed by atoms with Crippen LogP contribution in [0.15, 0.2) is 18.2 Å². The SMILES string of the molecule is CCCc1cc(F)ccc1OC. The average Bonchev–Trinajstić information content (AvgIpc) is 2.05. The van der Waals surface area contributed by atoms with Gasteiger partial charge in [0.1, 0.15) is 11.6 Å². The monoisotopic (exact) mass is 168 g/mol. The number of halogens is 1. The molecule has 0 unspecified atom stereocenters. The fraction of sp³-hybridized carbons (Fsp3) is 0.400. The third-order valence-corrected chi connectivity index (χ3v) is 1.76. The predicted molar refractivity (Wildman–Crippen MR) is 46.9 cm³/mol. The normalized spacial score (nSPS) is 9.92. The van der Waals surface area contributed by atoms with E-state index >= 15 is 0 Å². The number of benzene rings is 1. The zero-order valence-electron chi connectivity index (χ0n) is 7.43. The summed E-state index contributed by atoms with van der Waals surface area (Å²) in [5, 5.41) is 0. The van der Waals surface area contributed by atoms with Crippen molar-refractivity contribution in [1.82, 2.24) is 0 Å². The van der Waals surface area contributed by atoms with Gasteiger partial charge < -0.3 is 4.74 Å². The quantitative estimate of drug-likeness (QED) is 0.674. The van der Waals surface area contributed by atoms with Gasteiger partial charge in [-0.1, -0.05) is 13.3 Å². The van der Waals surface area contributed by atoms with Crippen molar-refractivity contribution in [2.75, 3.05) is 7.11 Å². The molecular formula is C10H13FO. The van der Waals surface area contributed by atoms with Gasteiger partial charge in [0.05, 0.1) is 7.11 Å². The molecular weight excluding hydrogens is 155 g/mol. The molecule has 66 valence electrons. The minimum Gasteiger partial charge on any atom is -0.496 e. The van der Waals surface area contributed by atoms with E-state index in [-0.39, 0.29) is 5.82 Å². The van der Waals surface area contributed by atoms with Crippen molar-refractivity contribution in [3.8, 4) is 5.75 Å². The highest BCUT2D eigenvalue weighted by molar-refractivity contribution is 5.33. The van der Waals surface area contributed by atoms with Crippen LogP contribution in [0.1, 0.15) is 18.9 Å². The van der Waals surface area contributed by atoms with Crippen LogP contribution in [0.2, 0.25) is 0 Å². The maximum atomic E-state index is 12.8. The van der Waals surface area contributed by atoms with Crippen LogP contribution in [0.5, 0.6) is 5.75 Å². The van der Waals surface area contributed by atoms with Gasteiger partial charge in [0.25, 0.3) is 0 Å². The van der Waals surface area contributed by atoms with Gasteiger partial charge in [-0.05, 0) is 30.2 Å². The Balaban J connectivity index is 2.95. The molecule has 0 bridgehead atoms. The molecule has 2 heteroatoms. The Morgan fingerprint density at radius 2 is 2.17 bits per heavy atom. The highest BCUT2D eigenvalue weighted by Gasteiger charge is 2.02. The Morgan fingerprint density at radius 3 is 2.75 bits per heavy atom. The molecule has 0 fully saturated rings. The minimum atomic E-state index is -0.195. The van der Waals surface area contributed by atoms with Crippen LogP contribution in [0, 0.1) is 5.82 Å². The second-order valence-corrected chi connectivity index (χ2v) is 2.71. The number of aryl methyl sites for hydroxylation is 1. The summed E-state index contributed by atoms with van der Waals surface area (Å²) in [6.07, 6.45) is 1.86. The zero-order chi connectivity index (χ0) is 8.97. The van der Waals surface area contributed by atoms with Crippen molar-refractivity contribution in [2.24, 2.45) is 0 Å². The predicted octanol–water partition coefficient (Wildman–Crippen LogP) is 2.79. The van der Waals surface area contributed by atoms with E-state index in [4.69, 9.17) is 4.74 Å². The van der Waals surface area contributed by atoms with E-state index in [2.05, 4.69) is 6.92 Å². The van der Waals surface area contributed by atoms with E-state index in [0.717, 1.165) is 24.2 Å². The Kier molecular flexibility index (Phi) is 3.09. The highest BCUT2D eigenvalue weighted by atomic mass is 19.1. The van der Waals surface area contributed by atoms with Gasteiger partial charge in [0.2, 0.25) is 0 Å². The smallest absolute Gasteiger partial charge is 0.123 e. The number of hydrogen-bond donors (Lipinski definition) is 0. The molecule has 0 saturated carbocycles. The molecule has 12 heavy (non-hydrogen) atoms. The number of methoxy groups -OCH3 is 1. The van der Waals surface area contributed by atoms with Crippen molar-refractivity contribution >= 4 is 0 Å². The van der Waals surface area contributed by atoms with E-state index in [1.165, 1.54) is 12.1 Å². The fourth-order valence-electron chi connectivity index (χ4n) is 1.21. The van der Waals surface area contributed by atoms with Gasteiger partial charge in [0.15, 0.2) is 0 Å². The van der Waals surface area contributed by atoms with Crippen LogP contribution in [0.25, 0.3) is 0 Å². The topological polar surface area (TPSA) is 9.23 Å². The van der Waals surface area contributed by atoms with Crippen molar-refractivity contribution in [3.05, 3.63) is 29.6 Å². The number of rotatable bonds is 3. The van der Waals surface area contributed by atoms with E-state index in [1.807, 2.05) is 0 Å². The molecule has 0 aliphatic carbocycles. The van der Waals surface area contributed by atoms with E-state index in [9.17, 15) is 4.39 Å². The molecule has 0 N–H and O–H groups in total. The van der Waals surface area contributed by atoms with Crippen LogP contribution in [0.3, 0.4) is 0 Å². The highest BCUT2D eigenvalue weighted by Crippen LogP contribution is 2.20. The van der Waals surface area contributed by atoms with Gasteiger partial charge >= 0.3 is 0 Å². The van der Waals surface area contributed by atoms with Crippen molar-refractivity contribution < 1.29 is 9.13 Å². The summed E-state index contributed by atoms with van der Waals surface area (Å²) in [7, 11) is 1.60. The Bertz CT molecular complexity index is 258. The third kappa shape index (κ3) is 1.97. The van der Waals surface area contributed by atoms with Crippen LogP contribution >= 0.6 is 0 Å². The Labute approximate surface area is 72.2 Å². The lowest BCUT2D eigenvalue weighted by Crippen LogP contribution is -1.92. The van der Waals surface area contributed by atoms with Crippen LogP contribution in [-0.2, 0) is 6.42 Å². The van der Waals surface area contributed by atoms with Gasteiger partial charge in [-0.3, -0.25) is 0 Å². The molecule has 0 amide bonds. The minimum absolute atomic E-state index is 0.195. The van der Waals surface area contributed by atoms with Gasteiger partial charge in [-0.2, -0.15) is 0 Å². The molecule has 0 spiro atoms. The molecule has 0 atom stereocenters. The molecule has 1 aromatic carbocycles. The molecule has 0 radical (unpaired) electrons. The second-order valence-electron chi connectivity index (χ2n) is 2.71. The molecule has 1 aromatic rings. The Hall–Kier alpha value is -1.05. The fourth-order valence-corrected chi connectivity index (χ4v) is 1.21. The summed E-state index contributed by atoms with van der Waals surface area (Å²) in [5.74, 6) is 0.581. The third-order valence-electron chi connectivity index (χ3n) is 1.76.